The molecule has 0 spiro atoms. The zero-order valence-electron chi connectivity index (χ0n) is 44.3. The van der Waals surface area contributed by atoms with Crippen molar-refractivity contribution < 1.29 is 28.7 Å². The molecule has 76 heavy (non-hydrogen) atoms. The number of thiazole rings is 1. The molecule has 2 N–H and O–H groups in total. The third kappa shape index (κ3) is 10.9. The lowest BCUT2D eigenvalue weighted by molar-refractivity contribution is -0.134. The first-order valence-electron chi connectivity index (χ1n) is 27.3. The van der Waals surface area contributed by atoms with Crippen molar-refractivity contribution in [2.24, 2.45) is 13.0 Å². The fourth-order valence-electron chi connectivity index (χ4n) is 12.1. The number of amides is 3. The summed E-state index contributed by atoms with van der Waals surface area (Å²) in [7, 11) is 1.97. The van der Waals surface area contributed by atoms with Crippen LogP contribution in [0.5, 0.6) is 5.75 Å². The molecule has 0 radical (unpaired) electrons. The van der Waals surface area contributed by atoms with E-state index in [9.17, 15) is 19.2 Å². The molecule has 6 heterocycles. The van der Waals surface area contributed by atoms with Gasteiger partial charge in [-0.3, -0.25) is 29.7 Å². The number of carbonyl (C=O) groups is 4. The minimum absolute atomic E-state index is 0.122. The number of unbranched alkanes of at least 4 members (excludes halogenated alkanes) is 1. The average molecular weight is 1040 g/mol. The first-order chi connectivity index (χ1) is 36.7. The quantitative estimate of drug-likeness (QED) is 0.0606. The Morgan fingerprint density at radius 1 is 0.842 bits per heavy atom. The lowest BCUT2D eigenvalue weighted by atomic mass is 9.84. The number of nitrogens with zero attached hydrogens (tertiary/aromatic N) is 6. The minimum atomic E-state index is -0.731. The Morgan fingerprint density at radius 3 is 2.47 bits per heavy atom. The van der Waals surface area contributed by atoms with Crippen LogP contribution < -0.4 is 20.3 Å². The van der Waals surface area contributed by atoms with Crippen LogP contribution in [0.15, 0.2) is 91.0 Å². The number of piperidine rings is 1. The van der Waals surface area contributed by atoms with Crippen LogP contribution in [-0.2, 0) is 34.3 Å². The topological polar surface area (TPSA) is 161 Å². The fraction of sp³-hybridized carbons (Fsp3) is 0.426. The number of aromatic nitrogens is 4. The van der Waals surface area contributed by atoms with Gasteiger partial charge in [-0.2, -0.15) is 5.10 Å². The van der Waals surface area contributed by atoms with Crippen LogP contribution in [-0.4, -0.2) is 86.2 Å². The van der Waals surface area contributed by atoms with E-state index in [-0.39, 0.29) is 29.5 Å². The third-order valence-electron chi connectivity index (χ3n) is 16.0. The molecular weight excluding hydrogens is 973 g/mol. The zero-order valence-corrected chi connectivity index (χ0v) is 45.1. The first-order valence-corrected chi connectivity index (χ1v) is 28.1. The molecule has 3 amide bonds. The monoisotopic (exact) mass is 1040 g/mol. The maximum Gasteiger partial charge on any atom is 0.358 e. The highest BCUT2D eigenvalue weighted by molar-refractivity contribution is 7.22. The van der Waals surface area contributed by atoms with Crippen molar-refractivity contribution in [1.82, 2.24) is 30.0 Å². The molecule has 14 nitrogen and oxygen atoms in total. The molecule has 394 valence electrons. The number of esters is 1. The van der Waals surface area contributed by atoms with Gasteiger partial charge in [-0.1, -0.05) is 78.8 Å². The molecule has 3 aromatic heterocycles. The van der Waals surface area contributed by atoms with Gasteiger partial charge in [0.15, 0.2) is 10.8 Å². The largest absolute Gasteiger partial charge is 0.490 e. The minimum Gasteiger partial charge on any atom is -0.490 e. The molecule has 11 rings (SSSR count). The van der Waals surface area contributed by atoms with Crippen LogP contribution in [0, 0.1) is 12.8 Å². The Morgan fingerprint density at radius 2 is 1.66 bits per heavy atom. The zero-order chi connectivity index (χ0) is 52.7. The number of fused-ring (bicyclic) bond motifs is 3. The number of para-hydroxylation sites is 2. The van der Waals surface area contributed by atoms with Crippen LogP contribution >= 0.6 is 11.3 Å². The number of likely N-dealkylation sites (tertiary alicyclic amines) is 1. The van der Waals surface area contributed by atoms with Crippen LogP contribution in [0.25, 0.3) is 32.2 Å². The van der Waals surface area contributed by atoms with E-state index in [0.717, 1.165) is 113 Å². The third-order valence-corrected chi connectivity index (χ3v) is 17.0. The van der Waals surface area contributed by atoms with Gasteiger partial charge >= 0.3 is 5.97 Å². The number of carbonyl (C=O) groups excluding carboxylic acids is 4. The predicted molar refractivity (Wildman–Crippen MR) is 298 cm³/mol. The van der Waals surface area contributed by atoms with Crippen LogP contribution in [0.3, 0.4) is 0 Å². The average Bonchev–Trinajstić information content (AvgIpc) is 4.16. The van der Waals surface area contributed by atoms with Crippen molar-refractivity contribution in [2.75, 3.05) is 36.4 Å². The molecule has 1 aliphatic carbocycles. The van der Waals surface area contributed by atoms with E-state index in [1.54, 1.807) is 0 Å². The van der Waals surface area contributed by atoms with E-state index in [4.69, 9.17) is 19.6 Å². The van der Waals surface area contributed by atoms with Gasteiger partial charge in [0.05, 0.1) is 33.4 Å². The number of ether oxygens (including phenoxy) is 2. The van der Waals surface area contributed by atoms with E-state index < -0.39 is 17.5 Å². The highest BCUT2D eigenvalue weighted by Crippen LogP contribution is 2.40. The smallest absolute Gasteiger partial charge is 0.358 e. The lowest BCUT2D eigenvalue weighted by Crippen LogP contribution is -2.39. The molecule has 3 aliphatic heterocycles. The van der Waals surface area contributed by atoms with Gasteiger partial charge in [0.25, 0.3) is 5.91 Å². The summed E-state index contributed by atoms with van der Waals surface area (Å²) in [5.74, 6) is 1.02. The summed E-state index contributed by atoms with van der Waals surface area (Å²) in [5.41, 5.74) is 8.71. The number of anilines is 2. The molecule has 2 saturated heterocycles. The summed E-state index contributed by atoms with van der Waals surface area (Å²) in [6.07, 6.45) is 10.7. The van der Waals surface area contributed by atoms with Crippen LogP contribution in [0.4, 0.5) is 10.9 Å². The standard InChI is InChI=1S/C61H68N8O6S/c1-37-42(44-26-28-52(63-55(44)59(73)75-61(2,3)4)69-34-31-39-14-10-17-45(48(39)36-69)57(71)65-60-62-49-19-6-7-21-51(49)76-60)15-12-20-50(37)74-41-24-22-38(23-25-41)13-8-9-32-68-33-30-40(35-68)43-16-11-18-46-54(66-67(5)56(43)46)47-27-29-53(70)64-58(47)72/h6-7,10-12,14-21,26,28,38,40-41,47H,8-9,13,22-25,27,29-36H2,1-5H3,(H,62,65,71)(H,64,70,72)/t38?,40-,41?,47+/m0/s1. The summed E-state index contributed by atoms with van der Waals surface area (Å²) in [5, 5.41) is 12.0. The van der Waals surface area contributed by atoms with Crippen LogP contribution in [0.2, 0.25) is 0 Å². The molecule has 3 fully saturated rings. The molecule has 2 atom stereocenters. The molecule has 7 aromatic rings. The van der Waals surface area contributed by atoms with Crippen LogP contribution in [0.1, 0.15) is 146 Å². The summed E-state index contributed by atoms with van der Waals surface area (Å²) in [6.45, 7) is 12.0. The Hall–Kier alpha value is -6.97. The number of nitrogens with one attached hydrogen (secondary N) is 2. The number of rotatable bonds is 14. The Balaban J connectivity index is 0.698. The van der Waals surface area contributed by atoms with E-state index >= 15 is 0 Å². The number of pyridine rings is 1. The molecule has 15 heteroatoms. The van der Waals surface area contributed by atoms with E-state index in [2.05, 4.69) is 56.6 Å². The molecular formula is C61H68N8O6S. The summed E-state index contributed by atoms with van der Waals surface area (Å²) in [6, 6.07) is 30.1. The van der Waals surface area contributed by atoms with Gasteiger partial charge in [0.2, 0.25) is 11.8 Å². The van der Waals surface area contributed by atoms with Gasteiger partial charge in [-0.05, 0) is 168 Å². The number of aryl methyl sites for hydroxylation is 1. The number of hydrogen-bond donors (Lipinski definition) is 2. The fourth-order valence-corrected chi connectivity index (χ4v) is 13.0. The number of benzene rings is 4. The van der Waals surface area contributed by atoms with E-state index in [0.29, 0.717) is 59.8 Å². The second kappa shape index (κ2) is 21.6. The normalized spacial score (nSPS) is 20.2. The van der Waals surface area contributed by atoms with E-state index in [1.807, 2.05) is 99.2 Å². The number of imide groups is 1. The van der Waals surface area contributed by atoms with Gasteiger partial charge in [-0.15, -0.1) is 0 Å². The molecule has 0 bridgehead atoms. The second-order valence-corrected chi connectivity index (χ2v) is 23.4. The van der Waals surface area contributed by atoms with Crippen molar-refractivity contribution >= 4 is 67.1 Å². The second-order valence-electron chi connectivity index (χ2n) is 22.4. The van der Waals surface area contributed by atoms with Crippen molar-refractivity contribution in [3.8, 4) is 16.9 Å². The maximum atomic E-state index is 14.1. The first kappa shape index (κ1) is 51.2. The summed E-state index contributed by atoms with van der Waals surface area (Å²) >= 11 is 1.45. The van der Waals surface area contributed by atoms with Crippen molar-refractivity contribution in [3.05, 3.63) is 130 Å². The van der Waals surface area contributed by atoms with Gasteiger partial charge in [0, 0.05) is 49.6 Å². The summed E-state index contributed by atoms with van der Waals surface area (Å²) in [4.78, 5) is 67.0. The van der Waals surface area contributed by atoms with Gasteiger partial charge in [0.1, 0.15) is 17.2 Å². The van der Waals surface area contributed by atoms with Gasteiger partial charge < -0.3 is 19.3 Å². The molecule has 4 aromatic carbocycles. The molecule has 1 saturated carbocycles. The van der Waals surface area contributed by atoms with Crippen molar-refractivity contribution in [2.45, 2.75) is 128 Å². The van der Waals surface area contributed by atoms with Crippen molar-refractivity contribution in [1.29, 1.82) is 0 Å². The predicted octanol–water partition coefficient (Wildman–Crippen LogP) is 11.4. The Labute approximate surface area is 448 Å². The highest BCUT2D eigenvalue weighted by Gasteiger charge is 2.34. The number of hydrogen-bond acceptors (Lipinski definition) is 12. The Kier molecular flexibility index (Phi) is 14.5. The maximum absolute atomic E-state index is 14.1. The van der Waals surface area contributed by atoms with Crippen molar-refractivity contribution in [3.63, 3.8) is 0 Å². The summed E-state index contributed by atoms with van der Waals surface area (Å²) < 4.78 is 15.8. The highest BCUT2D eigenvalue weighted by atomic mass is 32.1. The lowest BCUT2D eigenvalue weighted by Gasteiger charge is -2.31. The molecule has 0 unspecified atom stereocenters. The van der Waals surface area contributed by atoms with E-state index in [1.165, 1.54) is 36.2 Å². The Bertz CT molecular complexity index is 3320. The molecule has 4 aliphatic rings. The SMILES string of the molecule is Cc1c(OC2CCC(CCCCN3CC[C@H](c4cccc5c([C@H]6CCC(=O)NC6=O)nn(C)c45)C3)CC2)cccc1-c1ccc(N2CCc3cccc(C(=O)Nc4nc5ccccc5s4)c3C2)nc1C(=O)OC(C)(C)C. The van der Waals surface area contributed by atoms with Gasteiger partial charge in [-0.25, -0.2) is 14.8 Å².